The van der Waals surface area contributed by atoms with Crippen LogP contribution in [0.3, 0.4) is 0 Å². The molecule has 0 saturated carbocycles. The Labute approximate surface area is 124 Å². The molecule has 0 unspecified atom stereocenters. The van der Waals surface area contributed by atoms with Gasteiger partial charge in [-0.15, -0.1) is 11.3 Å². The molecule has 3 nitrogen and oxygen atoms in total. The highest BCUT2D eigenvalue weighted by atomic mass is 32.1. The number of nitrogens with two attached hydrogens (primary N) is 1. The van der Waals surface area contributed by atoms with E-state index in [9.17, 15) is 4.79 Å². The number of carbonyl (C=O) groups excluding carboxylic acids is 1. The number of hydrogen-bond acceptors (Lipinski definition) is 3. The van der Waals surface area contributed by atoms with Gasteiger partial charge in [0, 0.05) is 23.7 Å². The summed E-state index contributed by atoms with van der Waals surface area (Å²) < 4.78 is 1.07. The summed E-state index contributed by atoms with van der Waals surface area (Å²) in [5.74, 6) is 0.0104. The number of nitrogens with zero attached hydrogens (tertiary/aromatic N) is 1. The fraction of sp³-hybridized carbons (Fsp3) is 0.438. The van der Waals surface area contributed by atoms with Crippen LogP contribution in [0.5, 0.6) is 0 Å². The fourth-order valence-electron chi connectivity index (χ4n) is 2.35. The lowest BCUT2D eigenvalue weighted by Crippen LogP contribution is -2.34. The van der Waals surface area contributed by atoms with Crippen molar-refractivity contribution in [2.75, 3.05) is 19.3 Å². The van der Waals surface area contributed by atoms with Crippen LogP contribution in [0, 0.1) is 12.3 Å². The van der Waals surface area contributed by atoms with E-state index >= 15 is 0 Å². The molecule has 1 aromatic carbocycles. The highest BCUT2D eigenvalue weighted by Crippen LogP contribution is 2.35. The van der Waals surface area contributed by atoms with Gasteiger partial charge in [-0.25, -0.2) is 0 Å². The van der Waals surface area contributed by atoms with Gasteiger partial charge in [0.25, 0.3) is 5.91 Å². The summed E-state index contributed by atoms with van der Waals surface area (Å²) in [6.45, 7) is 9.10. The normalized spacial score (nSPS) is 11.8. The topological polar surface area (TPSA) is 46.3 Å². The van der Waals surface area contributed by atoms with Crippen molar-refractivity contribution in [1.29, 1.82) is 0 Å². The molecule has 0 atom stereocenters. The number of carbonyl (C=O) groups is 1. The van der Waals surface area contributed by atoms with Gasteiger partial charge in [-0.2, -0.15) is 0 Å². The molecule has 0 spiro atoms. The maximum absolute atomic E-state index is 12.6. The van der Waals surface area contributed by atoms with Crippen LogP contribution in [0.4, 0.5) is 5.69 Å². The SMILES string of the molecule is Cc1ccc2sc(C(=O)N(C)CC(C)(C)C)c(N)c2c1. The van der Waals surface area contributed by atoms with Crippen LogP contribution in [0.15, 0.2) is 18.2 Å². The molecule has 0 aliphatic carbocycles. The molecule has 0 saturated heterocycles. The van der Waals surface area contributed by atoms with Crippen LogP contribution < -0.4 is 5.73 Å². The van der Waals surface area contributed by atoms with Crippen molar-refractivity contribution in [3.8, 4) is 0 Å². The molecule has 2 rings (SSSR count). The smallest absolute Gasteiger partial charge is 0.265 e. The Morgan fingerprint density at radius 1 is 1.35 bits per heavy atom. The molecule has 2 N–H and O–H groups in total. The lowest BCUT2D eigenvalue weighted by molar-refractivity contribution is 0.0751. The molecule has 0 bridgehead atoms. The van der Waals surface area contributed by atoms with Gasteiger partial charge in [-0.1, -0.05) is 32.4 Å². The molecular weight excluding hydrogens is 268 g/mol. The number of aryl methyl sites for hydroxylation is 1. The summed E-state index contributed by atoms with van der Waals surface area (Å²) in [6.07, 6.45) is 0. The zero-order chi connectivity index (χ0) is 15.1. The molecule has 0 aliphatic heterocycles. The van der Waals surface area contributed by atoms with E-state index in [2.05, 4.69) is 20.8 Å². The number of anilines is 1. The number of hydrogen-bond donors (Lipinski definition) is 1. The molecule has 108 valence electrons. The number of thiophene rings is 1. The Morgan fingerprint density at radius 2 is 2.00 bits per heavy atom. The van der Waals surface area contributed by atoms with E-state index in [1.54, 1.807) is 4.90 Å². The lowest BCUT2D eigenvalue weighted by atomic mass is 9.96. The summed E-state index contributed by atoms with van der Waals surface area (Å²) in [7, 11) is 1.84. The molecular formula is C16H22N2OS. The van der Waals surface area contributed by atoms with Crippen molar-refractivity contribution < 1.29 is 4.79 Å². The third-order valence-electron chi connectivity index (χ3n) is 3.13. The monoisotopic (exact) mass is 290 g/mol. The largest absolute Gasteiger partial charge is 0.397 e. The third-order valence-corrected chi connectivity index (χ3v) is 4.31. The molecule has 0 aliphatic rings. The summed E-state index contributed by atoms with van der Waals surface area (Å²) in [6, 6.07) is 6.12. The number of benzene rings is 1. The molecule has 20 heavy (non-hydrogen) atoms. The minimum Gasteiger partial charge on any atom is -0.397 e. The first-order valence-corrected chi connectivity index (χ1v) is 7.55. The summed E-state index contributed by atoms with van der Waals surface area (Å²) >= 11 is 1.48. The van der Waals surface area contributed by atoms with E-state index in [4.69, 9.17) is 5.73 Å². The Morgan fingerprint density at radius 3 is 2.60 bits per heavy atom. The first kappa shape index (κ1) is 14.9. The average molecular weight is 290 g/mol. The first-order valence-electron chi connectivity index (χ1n) is 6.73. The summed E-state index contributed by atoms with van der Waals surface area (Å²) in [4.78, 5) is 15.0. The first-order chi connectivity index (χ1) is 9.19. The Kier molecular flexibility index (Phi) is 3.78. The zero-order valence-corrected chi connectivity index (χ0v) is 13.6. The standard InChI is InChI=1S/C16H22N2OS/c1-10-6-7-12-11(8-10)13(17)14(20-12)15(19)18(5)9-16(2,3)4/h6-8H,9,17H2,1-5H3. The third kappa shape index (κ3) is 2.96. The molecule has 2 aromatic rings. The minimum absolute atomic E-state index is 0.0104. The van der Waals surface area contributed by atoms with Crippen LogP contribution in [0.1, 0.15) is 36.0 Å². The second-order valence-corrected chi connectivity index (χ2v) is 7.62. The van der Waals surface area contributed by atoms with E-state index in [1.807, 2.05) is 32.2 Å². The van der Waals surface area contributed by atoms with Gasteiger partial charge in [0.05, 0.1) is 5.69 Å². The molecule has 4 heteroatoms. The van der Waals surface area contributed by atoms with Crippen LogP contribution in [-0.2, 0) is 0 Å². The highest BCUT2D eigenvalue weighted by molar-refractivity contribution is 7.21. The zero-order valence-electron chi connectivity index (χ0n) is 12.8. The average Bonchev–Trinajstić information content (AvgIpc) is 2.64. The summed E-state index contributed by atoms with van der Waals surface area (Å²) in [5, 5.41) is 0.988. The van der Waals surface area contributed by atoms with Crippen molar-refractivity contribution in [3.63, 3.8) is 0 Å². The van der Waals surface area contributed by atoms with Gasteiger partial charge >= 0.3 is 0 Å². The van der Waals surface area contributed by atoms with E-state index in [-0.39, 0.29) is 11.3 Å². The van der Waals surface area contributed by atoms with Gasteiger partial charge in [-0.05, 0) is 24.5 Å². The van der Waals surface area contributed by atoms with Crippen LogP contribution in [-0.4, -0.2) is 24.4 Å². The second-order valence-electron chi connectivity index (χ2n) is 6.57. The number of nitrogen functional groups attached to an aromatic ring is 1. The second kappa shape index (κ2) is 5.09. The van der Waals surface area contributed by atoms with Crippen molar-refractivity contribution in [2.24, 2.45) is 5.41 Å². The van der Waals surface area contributed by atoms with E-state index in [0.717, 1.165) is 15.6 Å². The molecule has 0 fully saturated rings. The van der Waals surface area contributed by atoms with Crippen LogP contribution >= 0.6 is 11.3 Å². The van der Waals surface area contributed by atoms with Crippen molar-refractivity contribution >= 4 is 33.0 Å². The maximum Gasteiger partial charge on any atom is 0.265 e. The van der Waals surface area contributed by atoms with Gasteiger partial charge in [0.2, 0.25) is 0 Å². The fourth-order valence-corrected chi connectivity index (χ4v) is 3.44. The van der Waals surface area contributed by atoms with Crippen LogP contribution in [0.2, 0.25) is 0 Å². The number of amides is 1. The molecule has 0 radical (unpaired) electrons. The number of fused-ring (bicyclic) bond motifs is 1. The van der Waals surface area contributed by atoms with E-state index in [0.29, 0.717) is 17.1 Å². The Hall–Kier alpha value is -1.55. The van der Waals surface area contributed by atoms with E-state index < -0.39 is 0 Å². The predicted octanol–water partition coefficient (Wildman–Crippen LogP) is 3.91. The molecule has 1 aromatic heterocycles. The molecule has 1 amide bonds. The Balaban J connectivity index is 2.38. The summed E-state index contributed by atoms with van der Waals surface area (Å²) in [5.41, 5.74) is 8.02. The maximum atomic E-state index is 12.6. The number of rotatable bonds is 2. The molecule has 1 heterocycles. The lowest BCUT2D eigenvalue weighted by Gasteiger charge is -2.26. The van der Waals surface area contributed by atoms with Gasteiger partial charge in [0.1, 0.15) is 4.88 Å². The van der Waals surface area contributed by atoms with Gasteiger partial charge < -0.3 is 10.6 Å². The van der Waals surface area contributed by atoms with Crippen molar-refractivity contribution in [2.45, 2.75) is 27.7 Å². The highest BCUT2D eigenvalue weighted by Gasteiger charge is 2.23. The van der Waals surface area contributed by atoms with Crippen molar-refractivity contribution in [3.05, 3.63) is 28.6 Å². The van der Waals surface area contributed by atoms with E-state index in [1.165, 1.54) is 11.3 Å². The Bertz CT molecular complexity index is 652. The van der Waals surface area contributed by atoms with Gasteiger partial charge in [0.15, 0.2) is 0 Å². The van der Waals surface area contributed by atoms with Crippen molar-refractivity contribution in [1.82, 2.24) is 4.90 Å². The van der Waals surface area contributed by atoms with Gasteiger partial charge in [-0.3, -0.25) is 4.79 Å². The van der Waals surface area contributed by atoms with Crippen LogP contribution in [0.25, 0.3) is 10.1 Å². The minimum atomic E-state index is 0.0104. The quantitative estimate of drug-likeness (QED) is 0.911. The predicted molar refractivity (Wildman–Crippen MR) is 87.4 cm³/mol.